The van der Waals surface area contributed by atoms with Crippen LogP contribution in [0.25, 0.3) is 17.3 Å². The van der Waals surface area contributed by atoms with Gasteiger partial charge in [0.1, 0.15) is 17.5 Å². The molecule has 0 amide bonds. The molecule has 0 bridgehead atoms. The number of nitrogens with one attached hydrogen (secondary N) is 1. The van der Waals surface area contributed by atoms with Gasteiger partial charge in [0.15, 0.2) is 0 Å². The van der Waals surface area contributed by atoms with Crippen LogP contribution in [0.15, 0.2) is 53.6 Å². The van der Waals surface area contributed by atoms with Crippen molar-refractivity contribution in [3.8, 4) is 11.3 Å². The van der Waals surface area contributed by atoms with Crippen LogP contribution in [0, 0.1) is 11.7 Å². The molecule has 0 radical (unpaired) electrons. The first-order valence-electron chi connectivity index (χ1n) is 15.0. The number of rotatable bonds is 9. The fraction of sp³-hybridized carbons (Fsp3) is 0.424. The highest BCUT2D eigenvalue weighted by atomic mass is 35.5. The average molecular weight is 638 g/mol. The molecule has 2 fully saturated rings. The second-order valence-corrected chi connectivity index (χ2v) is 12.4. The molecule has 1 aromatic heterocycles. The first-order chi connectivity index (χ1) is 21.2. The summed E-state index contributed by atoms with van der Waals surface area (Å²) in [6, 6.07) is 3.37. The SMILES string of the molecule is C=CC(=C)N1CCN(C2=NC(CC3CN(C)CC3OCC)=NCc3nc(-c4c(P)c(F)cc(NC)c4C=C)c(Cl)cc32)CC1. The summed E-state index contributed by atoms with van der Waals surface area (Å²) >= 11 is 7.02. The third kappa shape index (κ3) is 6.47. The molecule has 44 heavy (non-hydrogen) atoms. The number of allylic oxidation sites excluding steroid dienone is 1. The van der Waals surface area contributed by atoms with Gasteiger partial charge in [0, 0.05) is 98.6 Å². The van der Waals surface area contributed by atoms with E-state index in [1.807, 2.05) is 13.0 Å². The van der Waals surface area contributed by atoms with Crippen molar-refractivity contribution in [1.29, 1.82) is 0 Å². The molecule has 0 aliphatic carbocycles. The molecule has 11 heteroatoms. The normalized spacial score (nSPS) is 20.5. The number of likely N-dealkylation sites (tertiary alicyclic amines) is 1. The number of aliphatic imine (C=N–C) groups is 2. The van der Waals surface area contributed by atoms with Gasteiger partial charge in [-0.15, -0.1) is 9.24 Å². The van der Waals surface area contributed by atoms with Crippen LogP contribution in [0.3, 0.4) is 0 Å². The summed E-state index contributed by atoms with van der Waals surface area (Å²) in [6.45, 7) is 19.9. The Morgan fingerprint density at radius 3 is 2.64 bits per heavy atom. The maximum Gasteiger partial charge on any atom is 0.140 e. The van der Waals surface area contributed by atoms with Crippen molar-refractivity contribution in [2.75, 3.05) is 65.3 Å². The minimum absolute atomic E-state index is 0.136. The summed E-state index contributed by atoms with van der Waals surface area (Å²) in [6.07, 6.45) is 4.33. The lowest BCUT2D eigenvalue weighted by molar-refractivity contribution is 0.0454. The van der Waals surface area contributed by atoms with Gasteiger partial charge >= 0.3 is 0 Å². The van der Waals surface area contributed by atoms with E-state index >= 15 is 4.39 Å². The first kappa shape index (κ1) is 32.3. The predicted octanol–water partition coefficient (Wildman–Crippen LogP) is 5.06. The maximum absolute atomic E-state index is 15.1. The lowest BCUT2D eigenvalue weighted by atomic mass is 9.99. The van der Waals surface area contributed by atoms with E-state index < -0.39 is 0 Å². The molecule has 234 valence electrons. The minimum Gasteiger partial charge on any atom is -0.388 e. The quantitative estimate of drug-likeness (QED) is 0.306. The van der Waals surface area contributed by atoms with E-state index in [0.29, 0.717) is 46.8 Å². The fourth-order valence-corrected chi connectivity index (χ4v) is 6.95. The van der Waals surface area contributed by atoms with Crippen molar-refractivity contribution in [2.45, 2.75) is 26.0 Å². The largest absolute Gasteiger partial charge is 0.388 e. The molecule has 0 saturated carbocycles. The van der Waals surface area contributed by atoms with Gasteiger partial charge in [0.2, 0.25) is 0 Å². The van der Waals surface area contributed by atoms with E-state index in [1.54, 1.807) is 19.2 Å². The third-order valence-electron chi connectivity index (χ3n) is 8.62. The summed E-state index contributed by atoms with van der Waals surface area (Å²) < 4.78 is 21.2. The monoisotopic (exact) mass is 637 g/mol. The first-order valence-corrected chi connectivity index (χ1v) is 16.0. The highest BCUT2D eigenvalue weighted by Gasteiger charge is 2.34. The predicted molar refractivity (Wildman–Crippen MR) is 185 cm³/mol. The Morgan fingerprint density at radius 2 is 1.98 bits per heavy atom. The Hall–Kier alpha value is -3.10. The molecule has 4 heterocycles. The zero-order valence-corrected chi connectivity index (χ0v) is 27.8. The Balaban J connectivity index is 1.58. The van der Waals surface area contributed by atoms with Gasteiger partial charge < -0.3 is 24.8 Å². The molecule has 3 unspecified atom stereocenters. The number of benzene rings is 1. The number of hydrogen-bond donors (Lipinski definition) is 1. The van der Waals surface area contributed by atoms with E-state index in [4.69, 9.17) is 31.3 Å². The van der Waals surface area contributed by atoms with Crippen LogP contribution < -0.4 is 10.6 Å². The molecule has 3 aliphatic heterocycles. The zero-order valence-electron chi connectivity index (χ0n) is 25.9. The van der Waals surface area contributed by atoms with Crippen molar-refractivity contribution in [2.24, 2.45) is 15.9 Å². The van der Waals surface area contributed by atoms with Crippen LogP contribution >= 0.6 is 20.8 Å². The summed E-state index contributed by atoms with van der Waals surface area (Å²) in [4.78, 5) is 22.1. The zero-order chi connectivity index (χ0) is 31.5. The second-order valence-electron chi connectivity index (χ2n) is 11.4. The summed E-state index contributed by atoms with van der Waals surface area (Å²) in [5.74, 6) is 1.50. The number of pyridine rings is 1. The Kier molecular flexibility index (Phi) is 10.2. The van der Waals surface area contributed by atoms with Crippen LogP contribution in [0.1, 0.15) is 30.2 Å². The number of fused-ring (bicyclic) bond motifs is 1. The van der Waals surface area contributed by atoms with Crippen molar-refractivity contribution < 1.29 is 9.13 Å². The van der Waals surface area contributed by atoms with E-state index in [0.717, 1.165) is 73.5 Å². The van der Waals surface area contributed by atoms with Crippen LogP contribution in [0.5, 0.6) is 0 Å². The molecular formula is C33H42ClFN7OP. The number of piperazine rings is 1. The molecule has 1 N–H and O–H groups in total. The number of aromatic nitrogens is 1. The Labute approximate surface area is 267 Å². The van der Waals surface area contributed by atoms with E-state index in [1.165, 1.54) is 6.07 Å². The number of anilines is 1. The van der Waals surface area contributed by atoms with Gasteiger partial charge in [-0.2, -0.15) is 0 Å². The molecule has 3 aliphatic rings. The topological polar surface area (TPSA) is 68.6 Å². The Morgan fingerprint density at radius 1 is 1.23 bits per heavy atom. The van der Waals surface area contributed by atoms with Crippen LogP contribution in [-0.2, 0) is 11.3 Å². The highest BCUT2D eigenvalue weighted by molar-refractivity contribution is 7.28. The molecule has 3 atom stereocenters. The molecule has 0 spiro atoms. The average Bonchev–Trinajstić information content (AvgIpc) is 3.27. The number of likely N-dealkylation sites (N-methyl/N-ethyl adjacent to an activating group) is 1. The van der Waals surface area contributed by atoms with Gasteiger partial charge in [0.25, 0.3) is 0 Å². The lowest BCUT2D eigenvalue weighted by Crippen LogP contribution is -2.48. The number of nitrogens with zero attached hydrogens (tertiary/aromatic N) is 6. The van der Waals surface area contributed by atoms with Gasteiger partial charge in [-0.3, -0.25) is 4.99 Å². The summed E-state index contributed by atoms with van der Waals surface area (Å²) in [5, 5.41) is 3.86. The maximum atomic E-state index is 15.1. The number of amidine groups is 2. The van der Waals surface area contributed by atoms with E-state index in [9.17, 15) is 0 Å². The van der Waals surface area contributed by atoms with Gasteiger partial charge in [0.05, 0.1) is 29.1 Å². The van der Waals surface area contributed by atoms with Crippen LogP contribution in [0.4, 0.5) is 10.1 Å². The van der Waals surface area contributed by atoms with Crippen molar-refractivity contribution in [3.63, 3.8) is 0 Å². The summed E-state index contributed by atoms with van der Waals surface area (Å²) in [5.41, 5.74) is 4.91. The van der Waals surface area contributed by atoms with Gasteiger partial charge in [-0.05, 0) is 32.2 Å². The molecule has 2 aromatic rings. The van der Waals surface area contributed by atoms with Gasteiger partial charge in [-0.1, -0.05) is 37.4 Å². The second kappa shape index (κ2) is 13.9. The number of halogens is 2. The highest BCUT2D eigenvalue weighted by Crippen LogP contribution is 2.36. The molecular weight excluding hydrogens is 596 g/mol. The van der Waals surface area contributed by atoms with Crippen molar-refractivity contribution in [3.05, 3.63) is 71.3 Å². The molecule has 2 saturated heterocycles. The van der Waals surface area contributed by atoms with E-state index in [2.05, 4.69) is 56.0 Å². The molecule has 5 rings (SSSR count). The minimum atomic E-state index is -0.375. The van der Waals surface area contributed by atoms with Gasteiger partial charge in [-0.25, -0.2) is 14.4 Å². The van der Waals surface area contributed by atoms with E-state index in [-0.39, 0.29) is 17.8 Å². The third-order valence-corrected chi connectivity index (χ3v) is 9.47. The van der Waals surface area contributed by atoms with Crippen LogP contribution in [0.2, 0.25) is 5.02 Å². The number of hydrogen-bond acceptors (Lipinski definition) is 8. The Bertz CT molecular complexity index is 1520. The molecule has 1 aromatic carbocycles. The summed E-state index contributed by atoms with van der Waals surface area (Å²) in [7, 11) is 6.38. The fourth-order valence-electron chi connectivity index (χ4n) is 6.32. The smallest absolute Gasteiger partial charge is 0.140 e. The number of ether oxygens (including phenoxy) is 1. The van der Waals surface area contributed by atoms with Crippen molar-refractivity contribution in [1.82, 2.24) is 19.7 Å². The molecule has 8 nitrogen and oxygen atoms in total. The standard InChI is InChI=1S/C33H42ClFN7OP/c1-7-20(4)41-10-12-42(13-11-41)33-23-15-24(34)31(30-22(8-2)26(36-5)16-25(35)32(30)44)38-27(23)17-37-29(39-33)14-21-18-40(6)19-28(21)43-9-3/h7-8,15-16,21,28,36H,1-2,4,9-14,17-19,44H2,3,5-6H3. The lowest BCUT2D eigenvalue weighted by Gasteiger charge is -2.38. The van der Waals surface area contributed by atoms with Crippen molar-refractivity contribution >= 4 is 49.6 Å². The van der Waals surface area contributed by atoms with Crippen LogP contribution in [-0.4, -0.2) is 97.4 Å².